The summed E-state index contributed by atoms with van der Waals surface area (Å²) in [5.74, 6) is 0.239. The Balaban J connectivity index is 1.89. The lowest BCUT2D eigenvalue weighted by atomic mass is 10.0. The highest BCUT2D eigenvalue weighted by molar-refractivity contribution is 9.10. The minimum absolute atomic E-state index is 0.146. The Hall–Kier alpha value is -3.12. The topological polar surface area (TPSA) is 58.6 Å². The minimum atomic E-state index is -0.660. The van der Waals surface area contributed by atoms with Crippen molar-refractivity contribution in [3.05, 3.63) is 99.5 Å². The van der Waals surface area contributed by atoms with Gasteiger partial charge in [0.05, 0.1) is 0 Å². The van der Waals surface area contributed by atoms with Gasteiger partial charge in [0.1, 0.15) is 11.8 Å². The molecular weight excluding hydrogens is 516 g/mol. The summed E-state index contributed by atoms with van der Waals surface area (Å²) in [4.78, 5) is 28.7. The zero-order valence-corrected chi connectivity index (χ0v) is 22.9. The molecule has 0 aliphatic heterocycles. The molecule has 6 heteroatoms. The highest BCUT2D eigenvalue weighted by atomic mass is 79.9. The summed E-state index contributed by atoms with van der Waals surface area (Å²) in [5, 5.41) is 3.05. The highest BCUT2D eigenvalue weighted by Gasteiger charge is 2.30. The standard InChI is InChI=1S/C30H35BrN2O3/c1-4-5-16-32-30(35)28(19-24-11-7-6-8-12-24)33(20-25-13-9-10-22(2)17-25)29(34)21-36-26-14-15-27(31)23(3)18-26/h6-15,17-18,28H,4-5,16,19-21H2,1-3H3,(H,32,35). The van der Waals surface area contributed by atoms with E-state index in [9.17, 15) is 9.59 Å². The maximum Gasteiger partial charge on any atom is 0.261 e. The Labute approximate surface area is 223 Å². The van der Waals surface area contributed by atoms with Crippen LogP contribution in [-0.4, -0.2) is 35.9 Å². The number of hydrogen-bond acceptors (Lipinski definition) is 3. The second-order valence-corrected chi connectivity index (χ2v) is 9.91. The molecule has 0 saturated carbocycles. The van der Waals surface area contributed by atoms with Crippen LogP contribution in [-0.2, 0) is 22.6 Å². The molecule has 0 aliphatic carbocycles. The fourth-order valence-corrected chi connectivity index (χ4v) is 4.25. The van der Waals surface area contributed by atoms with Gasteiger partial charge in [-0.05, 0) is 55.2 Å². The summed E-state index contributed by atoms with van der Waals surface area (Å²) < 4.78 is 6.86. The molecule has 1 N–H and O–H groups in total. The van der Waals surface area contributed by atoms with Gasteiger partial charge in [-0.15, -0.1) is 0 Å². The van der Waals surface area contributed by atoms with Crippen molar-refractivity contribution in [3.63, 3.8) is 0 Å². The Kier molecular flexibility index (Phi) is 10.6. The predicted octanol–water partition coefficient (Wildman–Crippen LogP) is 6.00. The smallest absolute Gasteiger partial charge is 0.261 e. The molecule has 3 aromatic carbocycles. The first-order valence-electron chi connectivity index (χ1n) is 12.4. The third-order valence-corrected chi connectivity index (χ3v) is 6.92. The Bertz CT molecular complexity index is 1150. The fraction of sp³-hybridized carbons (Fsp3) is 0.333. The van der Waals surface area contributed by atoms with Crippen LogP contribution in [0.25, 0.3) is 0 Å². The summed E-state index contributed by atoms with van der Waals surface area (Å²) >= 11 is 3.49. The maximum absolute atomic E-state index is 13.6. The van der Waals surface area contributed by atoms with Crippen molar-refractivity contribution in [1.82, 2.24) is 10.2 Å². The molecule has 190 valence electrons. The van der Waals surface area contributed by atoms with Crippen molar-refractivity contribution in [2.24, 2.45) is 0 Å². The number of carbonyl (C=O) groups is 2. The molecule has 1 atom stereocenters. The Morgan fingerprint density at radius 3 is 2.42 bits per heavy atom. The van der Waals surface area contributed by atoms with Crippen LogP contribution < -0.4 is 10.1 Å². The van der Waals surface area contributed by atoms with E-state index in [1.165, 1.54) is 0 Å². The van der Waals surface area contributed by atoms with Gasteiger partial charge < -0.3 is 15.0 Å². The van der Waals surface area contributed by atoms with E-state index in [-0.39, 0.29) is 18.4 Å². The van der Waals surface area contributed by atoms with Gasteiger partial charge in [-0.25, -0.2) is 0 Å². The van der Waals surface area contributed by atoms with Crippen molar-refractivity contribution in [2.45, 2.75) is 52.6 Å². The molecule has 0 saturated heterocycles. The number of amides is 2. The van der Waals surface area contributed by atoms with Gasteiger partial charge in [0, 0.05) is 24.0 Å². The van der Waals surface area contributed by atoms with E-state index in [0.717, 1.165) is 39.6 Å². The average molecular weight is 552 g/mol. The van der Waals surface area contributed by atoms with E-state index in [0.29, 0.717) is 25.3 Å². The molecule has 0 spiro atoms. The lowest BCUT2D eigenvalue weighted by Crippen LogP contribution is -2.51. The summed E-state index contributed by atoms with van der Waals surface area (Å²) in [6, 6.07) is 22.8. The minimum Gasteiger partial charge on any atom is -0.484 e. The molecular formula is C30H35BrN2O3. The molecule has 1 unspecified atom stereocenters. The molecule has 0 aromatic heterocycles. The lowest BCUT2D eigenvalue weighted by Gasteiger charge is -2.31. The zero-order chi connectivity index (χ0) is 25.9. The third-order valence-electron chi connectivity index (χ3n) is 6.03. The van der Waals surface area contributed by atoms with E-state index in [1.807, 2.05) is 86.6 Å². The number of nitrogens with zero attached hydrogens (tertiary/aromatic N) is 1. The monoisotopic (exact) mass is 550 g/mol. The third kappa shape index (κ3) is 8.23. The zero-order valence-electron chi connectivity index (χ0n) is 21.3. The molecule has 0 bridgehead atoms. The number of aryl methyl sites for hydroxylation is 2. The van der Waals surface area contributed by atoms with Crippen LogP contribution in [0.4, 0.5) is 0 Å². The van der Waals surface area contributed by atoms with Gasteiger partial charge in [0.2, 0.25) is 5.91 Å². The number of nitrogens with one attached hydrogen (secondary N) is 1. The molecule has 3 aromatic rings. The number of carbonyl (C=O) groups excluding carboxylic acids is 2. The summed E-state index contributed by atoms with van der Waals surface area (Å²) in [5.41, 5.74) is 4.10. The van der Waals surface area contributed by atoms with Gasteiger partial charge in [-0.2, -0.15) is 0 Å². The number of unbranched alkanes of at least 4 members (excludes halogenated alkanes) is 1. The first kappa shape index (κ1) is 27.5. The van der Waals surface area contributed by atoms with Crippen LogP contribution >= 0.6 is 15.9 Å². The van der Waals surface area contributed by atoms with Gasteiger partial charge in [-0.3, -0.25) is 9.59 Å². The second kappa shape index (κ2) is 13.8. The number of hydrogen-bond donors (Lipinski definition) is 1. The number of benzene rings is 3. The van der Waals surface area contributed by atoms with Crippen LogP contribution in [0, 0.1) is 13.8 Å². The first-order valence-corrected chi connectivity index (χ1v) is 13.2. The van der Waals surface area contributed by atoms with E-state index >= 15 is 0 Å². The van der Waals surface area contributed by atoms with Crippen molar-refractivity contribution in [2.75, 3.05) is 13.2 Å². The molecule has 0 heterocycles. The predicted molar refractivity (Wildman–Crippen MR) is 148 cm³/mol. The highest BCUT2D eigenvalue weighted by Crippen LogP contribution is 2.22. The van der Waals surface area contributed by atoms with Crippen LogP contribution in [0.1, 0.15) is 42.0 Å². The molecule has 36 heavy (non-hydrogen) atoms. The molecule has 0 aliphatic rings. The Morgan fingerprint density at radius 2 is 1.72 bits per heavy atom. The van der Waals surface area contributed by atoms with Crippen LogP contribution in [0.2, 0.25) is 0 Å². The Morgan fingerprint density at radius 1 is 0.972 bits per heavy atom. The van der Waals surface area contributed by atoms with Crippen molar-refractivity contribution < 1.29 is 14.3 Å². The quantitative estimate of drug-likeness (QED) is 0.281. The van der Waals surface area contributed by atoms with Crippen LogP contribution in [0.15, 0.2) is 77.3 Å². The molecule has 5 nitrogen and oxygen atoms in total. The average Bonchev–Trinajstić information content (AvgIpc) is 2.87. The van der Waals surface area contributed by atoms with E-state index < -0.39 is 6.04 Å². The lowest BCUT2D eigenvalue weighted by molar-refractivity contribution is -0.142. The van der Waals surface area contributed by atoms with Crippen LogP contribution in [0.3, 0.4) is 0 Å². The summed E-state index contributed by atoms with van der Waals surface area (Å²) in [6.07, 6.45) is 2.30. The molecule has 3 rings (SSSR count). The SMILES string of the molecule is CCCCNC(=O)C(Cc1ccccc1)N(Cc1cccc(C)c1)C(=O)COc1ccc(Br)c(C)c1. The van der Waals surface area contributed by atoms with Gasteiger partial charge >= 0.3 is 0 Å². The molecule has 0 fully saturated rings. The number of halogens is 1. The summed E-state index contributed by atoms with van der Waals surface area (Å²) in [6.45, 7) is 6.83. The van der Waals surface area contributed by atoms with E-state index in [4.69, 9.17) is 4.74 Å². The van der Waals surface area contributed by atoms with Gasteiger partial charge in [-0.1, -0.05) is 89.4 Å². The largest absolute Gasteiger partial charge is 0.484 e. The van der Waals surface area contributed by atoms with E-state index in [1.54, 1.807) is 4.90 Å². The molecule has 0 radical (unpaired) electrons. The normalized spacial score (nSPS) is 11.6. The van der Waals surface area contributed by atoms with Gasteiger partial charge in [0.25, 0.3) is 5.91 Å². The first-order chi connectivity index (χ1) is 17.4. The van der Waals surface area contributed by atoms with Crippen molar-refractivity contribution in [1.29, 1.82) is 0 Å². The maximum atomic E-state index is 13.6. The van der Waals surface area contributed by atoms with Crippen molar-refractivity contribution in [3.8, 4) is 5.75 Å². The van der Waals surface area contributed by atoms with Crippen LogP contribution in [0.5, 0.6) is 5.75 Å². The number of rotatable bonds is 12. The second-order valence-electron chi connectivity index (χ2n) is 9.06. The van der Waals surface area contributed by atoms with E-state index in [2.05, 4.69) is 28.2 Å². The molecule has 2 amide bonds. The van der Waals surface area contributed by atoms with Gasteiger partial charge in [0.15, 0.2) is 6.61 Å². The fourth-order valence-electron chi connectivity index (χ4n) is 4.00. The number of ether oxygens (including phenoxy) is 1. The van der Waals surface area contributed by atoms with Crippen molar-refractivity contribution >= 4 is 27.7 Å². The summed E-state index contributed by atoms with van der Waals surface area (Å²) in [7, 11) is 0.